The summed E-state index contributed by atoms with van der Waals surface area (Å²) in [4.78, 5) is 33.7. The number of alkyl carbamates (subject to hydrolysis) is 1. The van der Waals surface area contributed by atoms with Crippen LogP contribution in [-0.2, 0) is 10.9 Å². The summed E-state index contributed by atoms with van der Waals surface area (Å²) in [5.41, 5.74) is -1.23. The van der Waals surface area contributed by atoms with Crippen molar-refractivity contribution in [1.82, 2.24) is 15.3 Å². The zero-order valence-corrected chi connectivity index (χ0v) is 19.1. The minimum Gasteiger partial charge on any atom is -0.444 e. The van der Waals surface area contributed by atoms with Crippen LogP contribution in [0.3, 0.4) is 0 Å². The lowest BCUT2D eigenvalue weighted by Gasteiger charge is -2.21. The predicted octanol–water partition coefficient (Wildman–Crippen LogP) is 4.98. The molecule has 178 valence electrons. The Balaban J connectivity index is 1.78. The highest BCUT2D eigenvalue weighted by Gasteiger charge is 2.34. The number of ether oxygens (including phenoxy) is 1. The molecule has 7 nitrogen and oxygen atoms in total. The van der Waals surface area contributed by atoms with Gasteiger partial charge < -0.3 is 15.0 Å². The van der Waals surface area contributed by atoms with Crippen molar-refractivity contribution in [3.05, 3.63) is 40.5 Å². The van der Waals surface area contributed by atoms with Crippen molar-refractivity contribution < 1.29 is 27.5 Å². The lowest BCUT2D eigenvalue weighted by Crippen LogP contribution is -2.36. The van der Waals surface area contributed by atoms with Crippen molar-refractivity contribution in [2.45, 2.75) is 39.0 Å². The Morgan fingerprint density at radius 3 is 2.70 bits per heavy atom. The molecular formula is C22H24ClF3N4O3. The van der Waals surface area contributed by atoms with Gasteiger partial charge in [0.05, 0.1) is 16.1 Å². The number of nitrogens with one attached hydrogen (secondary N) is 1. The molecule has 33 heavy (non-hydrogen) atoms. The molecular weight excluding hydrogens is 461 g/mol. The van der Waals surface area contributed by atoms with Crippen LogP contribution in [0.5, 0.6) is 0 Å². The zero-order chi connectivity index (χ0) is 24.4. The second kappa shape index (κ2) is 9.54. The van der Waals surface area contributed by atoms with Gasteiger partial charge in [-0.15, -0.1) is 0 Å². The summed E-state index contributed by atoms with van der Waals surface area (Å²) in [5.74, 6) is 0.467. The Bertz CT molecular complexity index is 1040. The average molecular weight is 485 g/mol. The van der Waals surface area contributed by atoms with Gasteiger partial charge in [-0.2, -0.15) is 13.2 Å². The Hall–Kier alpha value is -2.88. The summed E-state index contributed by atoms with van der Waals surface area (Å²) in [6.45, 7) is 6.77. The molecule has 2 heterocycles. The van der Waals surface area contributed by atoms with Crippen LogP contribution in [0.4, 0.5) is 23.8 Å². The molecule has 1 amide bonds. The minimum atomic E-state index is -4.62. The molecule has 1 saturated heterocycles. The van der Waals surface area contributed by atoms with Gasteiger partial charge in [0.2, 0.25) is 0 Å². The summed E-state index contributed by atoms with van der Waals surface area (Å²) >= 11 is 5.70. The number of aromatic nitrogens is 2. The van der Waals surface area contributed by atoms with E-state index in [4.69, 9.17) is 16.3 Å². The summed E-state index contributed by atoms with van der Waals surface area (Å²) in [6.07, 6.45) is -2.51. The first-order valence-electron chi connectivity index (χ1n) is 10.3. The number of hydrogen-bond donors (Lipinski definition) is 1. The highest BCUT2D eigenvalue weighted by atomic mass is 35.5. The Kier molecular flexibility index (Phi) is 7.16. The van der Waals surface area contributed by atoms with Crippen LogP contribution in [0.1, 0.15) is 43.1 Å². The first-order chi connectivity index (χ1) is 15.4. The molecule has 1 aliphatic heterocycles. The number of alkyl halides is 3. The molecule has 2 aromatic rings. The van der Waals surface area contributed by atoms with Crippen molar-refractivity contribution in [3.8, 4) is 11.4 Å². The van der Waals surface area contributed by atoms with Gasteiger partial charge in [-0.3, -0.25) is 4.79 Å². The van der Waals surface area contributed by atoms with Gasteiger partial charge in [0.15, 0.2) is 12.1 Å². The van der Waals surface area contributed by atoms with E-state index in [0.29, 0.717) is 31.7 Å². The van der Waals surface area contributed by atoms with Crippen molar-refractivity contribution in [3.63, 3.8) is 0 Å². The van der Waals surface area contributed by atoms with Gasteiger partial charge in [0, 0.05) is 31.4 Å². The lowest BCUT2D eigenvalue weighted by molar-refractivity contribution is -0.137. The van der Waals surface area contributed by atoms with E-state index >= 15 is 0 Å². The predicted molar refractivity (Wildman–Crippen MR) is 117 cm³/mol. The largest absolute Gasteiger partial charge is 0.444 e. The van der Waals surface area contributed by atoms with E-state index in [-0.39, 0.29) is 22.9 Å². The molecule has 0 radical (unpaired) electrons. The van der Waals surface area contributed by atoms with E-state index in [1.54, 1.807) is 20.8 Å². The number of nitrogens with zero attached hydrogens (tertiary/aromatic N) is 3. The summed E-state index contributed by atoms with van der Waals surface area (Å²) in [5, 5.41) is 2.31. The summed E-state index contributed by atoms with van der Waals surface area (Å²) < 4.78 is 44.9. The highest BCUT2D eigenvalue weighted by molar-refractivity contribution is 6.31. The van der Waals surface area contributed by atoms with Crippen LogP contribution in [0.15, 0.2) is 24.4 Å². The molecule has 3 rings (SSSR count). The van der Waals surface area contributed by atoms with Gasteiger partial charge in [0.1, 0.15) is 11.4 Å². The third kappa shape index (κ3) is 6.34. The standard InChI is InChI=1S/C22H24ClF3N4O3/c1-21(2,3)33-20(32)28-9-13-6-7-30(11-13)19-15(12-31)10-27-18(29-19)14-4-5-17(23)16(8-14)22(24,25)26/h4-5,8,10,12-13H,6-7,9,11H2,1-3H3,(H,28,32). The smallest absolute Gasteiger partial charge is 0.417 e. The zero-order valence-electron chi connectivity index (χ0n) is 18.4. The number of amides is 1. The van der Waals surface area contributed by atoms with Crippen molar-refractivity contribution >= 4 is 29.8 Å². The van der Waals surface area contributed by atoms with Crippen molar-refractivity contribution in [1.29, 1.82) is 0 Å². The van der Waals surface area contributed by atoms with Crippen LogP contribution >= 0.6 is 11.6 Å². The van der Waals surface area contributed by atoms with Gasteiger partial charge in [-0.25, -0.2) is 14.8 Å². The van der Waals surface area contributed by atoms with Crippen molar-refractivity contribution in [2.75, 3.05) is 24.5 Å². The molecule has 0 spiro atoms. The van der Waals surface area contributed by atoms with E-state index in [0.717, 1.165) is 18.6 Å². The average Bonchev–Trinajstić information content (AvgIpc) is 3.19. The second-order valence-electron chi connectivity index (χ2n) is 8.77. The van der Waals surface area contributed by atoms with Gasteiger partial charge in [-0.1, -0.05) is 11.6 Å². The highest BCUT2D eigenvalue weighted by Crippen LogP contribution is 2.37. The maximum Gasteiger partial charge on any atom is 0.417 e. The number of benzene rings is 1. The second-order valence-corrected chi connectivity index (χ2v) is 9.17. The van der Waals surface area contributed by atoms with E-state index < -0.39 is 28.5 Å². The quantitative estimate of drug-likeness (QED) is 0.602. The maximum absolute atomic E-state index is 13.2. The fourth-order valence-corrected chi connectivity index (χ4v) is 3.70. The van der Waals surface area contributed by atoms with Crippen LogP contribution in [-0.4, -0.2) is 47.6 Å². The molecule has 1 aromatic carbocycles. The fraction of sp³-hybridized carbons (Fsp3) is 0.455. The Labute approximate surface area is 194 Å². The van der Waals surface area contributed by atoms with Crippen molar-refractivity contribution in [2.24, 2.45) is 5.92 Å². The lowest BCUT2D eigenvalue weighted by atomic mass is 10.1. The summed E-state index contributed by atoms with van der Waals surface area (Å²) in [6, 6.07) is 3.43. The Morgan fingerprint density at radius 1 is 1.33 bits per heavy atom. The molecule has 1 unspecified atom stereocenters. The number of carbonyl (C=O) groups excluding carboxylic acids is 2. The summed E-state index contributed by atoms with van der Waals surface area (Å²) in [7, 11) is 0. The van der Waals surface area contributed by atoms with E-state index in [9.17, 15) is 22.8 Å². The molecule has 1 N–H and O–H groups in total. The van der Waals surface area contributed by atoms with Gasteiger partial charge in [0.25, 0.3) is 0 Å². The molecule has 1 aromatic heterocycles. The number of halogens is 4. The first-order valence-corrected chi connectivity index (χ1v) is 10.7. The first kappa shape index (κ1) is 24.8. The van der Waals surface area contributed by atoms with Crippen LogP contribution in [0.25, 0.3) is 11.4 Å². The molecule has 1 fully saturated rings. The topological polar surface area (TPSA) is 84.4 Å². The van der Waals surface area contributed by atoms with E-state index in [2.05, 4.69) is 15.3 Å². The van der Waals surface area contributed by atoms with Crippen LogP contribution < -0.4 is 10.2 Å². The monoisotopic (exact) mass is 484 g/mol. The number of rotatable bonds is 5. The molecule has 0 saturated carbocycles. The number of aldehydes is 1. The number of hydrogen-bond acceptors (Lipinski definition) is 6. The Morgan fingerprint density at radius 2 is 2.06 bits per heavy atom. The molecule has 1 atom stereocenters. The number of anilines is 1. The molecule has 0 bridgehead atoms. The third-order valence-electron chi connectivity index (χ3n) is 4.97. The van der Waals surface area contributed by atoms with Crippen LogP contribution in [0, 0.1) is 5.92 Å². The van der Waals surface area contributed by atoms with Gasteiger partial charge in [-0.05, 0) is 51.3 Å². The maximum atomic E-state index is 13.2. The van der Waals surface area contributed by atoms with E-state index in [1.807, 2.05) is 4.90 Å². The normalized spacial score (nSPS) is 16.6. The molecule has 11 heteroatoms. The third-order valence-corrected chi connectivity index (χ3v) is 5.30. The molecule has 1 aliphatic rings. The fourth-order valence-electron chi connectivity index (χ4n) is 3.47. The molecule has 0 aliphatic carbocycles. The number of carbonyl (C=O) groups is 2. The van der Waals surface area contributed by atoms with Crippen LogP contribution in [0.2, 0.25) is 5.02 Å². The van der Waals surface area contributed by atoms with Gasteiger partial charge >= 0.3 is 12.3 Å². The SMILES string of the molecule is CC(C)(C)OC(=O)NCC1CCN(c2nc(-c3ccc(Cl)c(C(F)(F)F)c3)ncc2C=O)C1. The van der Waals surface area contributed by atoms with E-state index in [1.165, 1.54) is 12.3 Å². The minimum absolute atomic E-state index is 0.0492.